The van der Waals surface area contributed by atoms with Crippen molar-refractivity contribution in [1.29, 1.82) is 0 Å². The van der Waals surface area contributed by atoms with Gasteiger partial charge >= 0.3 is 0 Å². The number of thiocarbonyl (C=S) groups is 1. The Morgan fingerprint density at radius 2 is 2.04 bits per heavy atom. The maximum Gasteiger partial charge on any atom is 0.241 e. The van der Waals surface area contributed by atoms with Crippen LogP contribution in [0.5, 0.6) is 5.75 Å². The molecule has 1 fully saturated rings. The number of hydrogen-bond donors (Lipinski definition) is 0. The minimum atomic E-state index is -0.0981. The highest BCUT2D eigenvalue weighted by Crippen LogP contribution is 2.34. The van der Waals surface area contributed by atoms with E-state index in [1.165, 1.54) is 28.5 Å². The third kappa shape index (κ3) is 3.89. The summed E-state index contributed by atoms with van der Waals surface area (Å²) in [7, 11) is 0. The van der Waals surface area contributed by atoms with Crippen LogP contribution in [0.4, 0.5) is 0 Å². The summed E-state index contributed by atoms with van der Waals surface area (Å²) < 4.78 is 6.48. The van der Waals surface area contributed by atoms with Crippen LogP contribution in [0.3, 0.4) is 0 Å². The van der Waals surface area contributed by atoms with Crippen LogP contribution in [0.2, 0.25) is 0 Å². The summed E-state index contributed by atoms with van der Waals surface area (Å²) in [6.45, 7) is 11.7. The second-order valence-corrected chi connectivity index (χ2v) is 7.90. The average molecular weight is 352 g/mol. The normalized spacial score (nSPS) is 18.2. The number of aryl methyl sites for hydroxylation is 1. The molecule has 23 heavy (non-hydrogen) atoms. The highest BCUT2D eigenvalue weighted by molar-refractivity contribution is 8.24. The van der Waals surface area contributed by atoms with Gasteiger partial charge < -0.3 is 4.74 Å². The van der Waals surface area contributed by atoms with Gasteiger partial charge in [-0.2, -0.15) is 0 Å². The zero-order chi connectivity index (χ0) is 17.1. The topological polar surface area (TPSA) is 29.5 Å². The lowest BCUT2D eigenvalue weighted by Gasteiger charge is -2.18. The zero-order valence-corrected chi connectivity index (χ0v) is 16.1. The fourth-order valence-electron chi connectivity index (χ4n) is 2.81. The van der Waals surface area contributed by atoms with Crippen LogP contribution in [-0.4, -0.2) is 33.5 Å². The lowest BCUT2D eigenvalue weighted by Crippen LogP contribution is -2.31. The Morgan fingerprint density at radius 1 is 1.35 bits per heavy atom. The van der Waals surface area contributed by atoms with Crippen LogP contribution in [0.1, 0.15) is 50.3 Å². The summed E-state index contributed by atoms with van der Waals surface area (Å²) in [6, 6.07) is 4.31. The minimum Gasteiger partial charge on any atom is -0.494 e. The van der Waals surface area contributed by atoms with Crippen molar-refractivity contribution in [2.45, 2.75) is 52.2 Å². The number of benzene rings is 1. The van der Waals surface area contributed by atoms with Gasteiger partial charge in [0.05, 0.1) is 11.9 Å². The van der Waals surface area contributed by atoms with Gasteiger partial charge in [0.15, 0.2) is 0 Å². The third-order valence-electron chi connectivity index (χ3n) is 4.12. The Balaban J connectivity index is 2.28. The van der Waals surface area contributed by atoms with Crippen LogP contribution in [0.25, 0.3) is 0 Å². The molecule has 1 amide bonds. The van der Waals surface area contributed by atoms with Gasteiger partial charge in [0.2, 0.25) is 5.91 Å². The van der Waals surface area contributed by atoms with E-state index in [2.05, 4.69) is 32.9 Å². The molecule has 2 rings (SSSR count). The second-order valence-electron chi connectivity index (χ2n) is 6.06. The molecule has 0 bridgehead atoms. The largest absolute Gasteiger partial charge is 0.494 e. The van der Waals surface area contributed by atoms with E-state index < -0.39 is 0 Å². The Hall–Kier alpha value is -1.07. The molecule has 0 aliphatic carbocycles. The van der Waals surface area contributed by atoms with E-state index in [1.54, 1.807) is 4.90 Å². The molecule has 1 saturated heterocycles. The van der Waals surface area contributed by atoms with Gasteiger partial charge in [-0.3, -0.25) is 9.69 Å². The highest BCUT2D eigenvalue weighted by Gasteiger charge is 2.36. The molecule has 0 aromatic heterocycles. The Kier molecular flexibility index (Phi) is 6.09. The molecular weight excluding hydrogens is 326 g/mol. The van der Waals surface area contributed by atoms with Crippen LogP contribution in [0.15, 0.2) is 12.1 Å². The van der Waals surface area contributed by atoms with Gasteiger partial charge in [0.25, 0.3) is 0 Å². The summed E-state index contributed by atoms with van der Waals surface area (Å²) in [5, 5.41) is -0.0981. The average Bonchev–Trinajstić information content (AvgIpc) is 2.75. The third-order valence-corrected chi connectivity index (χ3v) is 5.70. The van der Waals surface area contributed by atoms with Crippen molar-refractivity contribution in [1.82, 2.24) is 4.90 Å². The lowest BCUT2D eigenvalue weighted by atomic mass is 9.94. The van der Waals surface area contributed by atoms with Crippen LogP contribution in [0, 0.1) is 6.92 Å². The highest BCUT2D eigenvalue weighted by atomic mass is 32.2. The minimum absolute atomic E-state index is 0.0981. The van der Waals surface area contributed by atoms with Gasteiger partial charge in [-0.1, -0.05) is 43.9 Å². The van der Waals surface area contributed by atoms with E-state index in [0.29, 0.717) is 23.4 Å². The molecular formula is C18H25NO2S2. The molecule has 5 heteroatoms. The molecule has 1 aliphatic heterocycles. The number of rotatable bonds is 6. The molecule has 1 aliphatic rings. The van der Waals surface area contributed by atoms with Crippen molar-refractivity contribution >= 4 is 34.2 Å². The van der Waals surface area contributed by atoms with Gasteiger partial charge in [-0.15, -0.1) is 0 Å². The molecule has 0 radical (unpaired) electrons. The number of hydrogen-bond acceptors (Lipinski definition) is 4. The smallest absolute Gasteiger partial charge is 0.241 e. The monoisotopic (exact) mass is 351 g/mol. The fraction of sp³-hybridized carbons (Fsp3) is 0.556. The summed E-state index contributed by atoms with van der Waals surface area (Å²) in [6.07, 6.45) is 0.720. The number of ether oxygens (including phenoxy) is 1. The van der Waals surface area contributed by atoms with E-state index in [-0.39, 0.29) is 11.2 Å². The molecule has 3 nitrogen and oxygen atoms in total. The molecule has 1 aromatic rings. The number of amides is 1. The summed E-state index contributed by atoms with van der Waals surface area (Å²) in [4.78, 5) is 14.2. The first kappa shape index (κ1) is 18.3. The Labute approximate surface area is 148 Å². The van der Waals surface area contributed by atoms with Crippen molar-refractivity contribution in [2.75, 3.05) is 13.2 Å². The predicted molar refractivity (Wildman–Crippen MR) is 102 cm³/mol. The second kappa shape index (κ2) is 7.67. The molecule has 0 spiro atoms. The van der Waals surface area contributed by atoms with E-state index in [1.807, 2.05) is 13.8 Å². The van der Waals surface area contributed by atoms with E-state index in [4.69, 9.17) is 17.0 Å². The van der Waals surface area contributed by atoms with Crippen molar-refractivity contribution in [3.8, 4) is 5.75 Å². The first-order valence-electron chi connectivity index (χ1n) is 8.17. The molecule has 0 unspecified atom stereocenters. The van der Waals surface area contributed by atoms with Gasteiger partial charge in [0, 0.05) is 6.54 Å². The maximum atomic E-state index is 12.4. The first-order chi connectivity index (χ1) is 10.9. The van der Waals surface area contributed by atoms with Crippen molar-refractivity contribution < 1.29 is 9.53 Å². The first-order valence-corrected chi connectivity index (χ1v) is 9.45. The zero-order valence-electron chi connectivity index (χ0n) is 14.5. The Morgan fingerprint density at radius 3 is 2.57 bits per heavy atom. The summed E-state index contributed by atoms with van der Waals surface area (Å²) in [5.41, 5.74) is 3.59. The van der Waals surface area contributed by atoms with Crippen LogP contribution < -0.4 is 4.74 Å². The number of carbonyl (C=O) groups excluding carboxylic acids is 1. The van der Waals surface area contributed by atoms with Crippen molar-refractivity contribution in [2.24, 2.45) is 0 Å². The van der Waals surface area contributed by atoms with Gasteiger partial charge in [-0.05, 0) is 55.9 Å². The molecule has 0 N–H and O–H groups in total. The quantitative estimate of drug-likeness (QED) is 0.714. The SMILES string of the molecule is CCOc1cc(C)c(C[C@@H]2SC(=S)N(CC)C2=O)cc1C(C)C. The maximum absolute atomic E-state index is 12.4. The lowest BCUT2D eigenvalue weighted by molar-refractivity contribution is -0.125. The van der Waals surface area contributed by atoms with E-state index in [9.17, 15) is 4.79 Å². The van der Waals surface area contributed by atoms with Gasteiger partial charge in [-0.25, -0.2) is 0 Å². The number of carbonyl (C=O) groups is 1. The number of thioether (sulfide) groups is 1. The van der Waals surface area contributed by atoms with Gasteiger partial charge in [0.1, 0.15) is 10.1 Å². The van der Waals surface area contributed by atoms with Crippen molar-refractivity contribution in [3.63, 3.8) is 0 Å². The Bertz CT molecular complexity index is 613. The molecule has 1 atom stereocenters. The summed E-state index contributed by atoms with van der Waals surface area (Å²) in [5.74, 6) is 1.48. The number of nitrogens with zero attached hydrogens (tertiary/aromatic N) is 1. The fourth-order valence-corrected chi connectivity index (χ4v) is 4.46. The van der Waals surface area contributed by atoms with Crippen molar-refractivity contribution in [3.05, 3.63) is 28.8 Å². The standard InChI is InChI=1S/C18H25NO2S2/c1-6-19-17(20)16(23-18(19)22)10-13-9-14(11(3)4)15(21-7-2)8-12(13)5/h8-9,11,16H,6-7,10H2,1-5H3/t16-/m0/s1. The predicted octanol–water partition coefficient (Wildman–Crippen LogP) is 4.31. The van der Waals surface area contributed by atoms with E-state index in [0.717, 1.165) is 12.2 Å². The summed E-state index contributed by atoms with van der Waals surface area (Å²) >= 11 is 6.83. The van der Waals surface area contributed by atoms with Crippen LogP contribution in [-0.2, 0) is 11.2 Å². The molecule has 1 aromatic carbocycles. The van der Waals surface area contributed by atoms with E-state index >= 15 is 0 Å². The molecule has 1 heterocycles. The van der Waals surface area contributed by atoms with Crippen LogP contribution >= 0.6 is 24.0 Å². The molecule has 0 saturated carbocycles. The molecule has 126 valence electrons.